The third-order valence-electron chi connectivity index (χ3n) is 3.11. The van der Waals surface area contributed by atoms with E-state index in [2.05, 4.69) is 5.32 Å². The van der Waals surface area contributed by atoms with Crippen LogP contribution in [0, 0.1) is 0 Å². The molecule has 3 rings (SSSR count). The summed E-state index contributed by atoms with van der Waals surface area (Å²) >= 11 is 7.56. The van der Waals surface area contributed by atoms with Gasteiger partial charge in [0.25, 0.3) is 5.91 Å². The largest absolute Gasteiger partial charge is 0.478 e. The van der Waals surface area contributed by atoms with Crippen LogP contribution < -0.4 is 5.32 Å². The number of nitrogens with one attached hydrogen (secondary N) is 1. The predicted octanol–water partition coefficient (Wildman–Crippen LogP) is 4.51. The number of aromatic carboxylic acids is 1. The van der Waals surface area contributed by atoms with E-state index in [1.165, 1.54) is 23.5 Å². The highest BCUT2D eigenvalue weighted by Gasteiger charge is 2.17. The van der Waals surface area contributed by atoms with Crippen molar-refractivity contribution in [1.29, 1.82) is 0 Å². The molecule has 0 atom stereocenters. The van der Waals surface area contributed by atoms with Crippen LogP contribution >= 0.6 is 22.9 Å². The molecule has 0 aliphatic heterocycles. The van der Waals surface area contributed by atoms with Gasteiger partial charge in [0, 0.05) is 15.8 Å². The Balaban J connectivity index is 1.92. The number of halogens is 1. The fourth-order valence-electron chi connectivity index (χ4n) is 2.08. The van der Waals surface area contributed by atoms with Gasteiger partial charge in [0.15, 0.2) is 0 Å². The fourth-order valence-corrected chi connectivity index (χ4v) is 3.49. The molecule has 0 aliphatic carbocycles. The lowest BCUT2D eigenvalue weighted by Crippen LogP contribution is -2.11. The Morgan fingerprint density at radius 2 is 1.86 bits per heavy atom. The van der Waals surface area contributed by atoms with E-state index < -0.39 is 5.97 Å². The molecule has 1 amide bonds. The Hall–Kier alpha value is -2.37. The highest BCUT2D eigenvalue weighted by Crippen LogP contribution is 2.35. The molecule has 0 bridgehead atoms. The fraction of sp³-hybridized carbons (Fsp3) is 0. The zero-order valence-electron chi connectivity index (χ0n) is 11.2. The predicted molar refractivity (Wildman–Crippen MR) is 88.2 cm³/mol. The van der Waals surface area contributed by atoms with Gasteiger partial charge < -0.3 is 10.4 Å². The first kappa shape index (κ1) is 14.6. The molecular weight excluding hydrogens is 322 g/mol. The number of hydrogen-bond donors (Lipinski definition) is 2. The van der Waals surface area contributed by atoms with E-state index in [1.54, 1.807) is 12.1 Å². The van der Waals surface area contributed by atoms with Crippen molar-refractivity contribution in [3.05, 3.63) is 64.0 Å². The highest BCUT2D eigenvalue weighted by molar-refractivity contribution is 7.21. The van der Waals surface area contributed by atoms with Crippen LogP contribution in [0.1, 0.15) is 20.0 Å². The first-order valence-corrected chi connectivity index (χ1v) is 7.57. The number of fused-ring (bicyclic) bond motifs is 1. The number of carboxylic acids is 1. The van der Waals surface area contributed by atoms with E-state index in [-0.39, 0.29) is 11.5 Å². The molecule has 3 aromatic rings. The summed E-state index contributed by atoms with van der Waals surface area (Å²) in [7, 11) is 0. The van der Waals surface area contributed by atoms with Crippen LogP contribution in [0.15, 0.2) is 48.5 Å². The van der Waals surface area contributed by atoms with Gasteiger partial charge in [0.2, 0.25) is 0 Å². The average molecular weight is 332 g/mol. The summed E-state index contributed by atoms with van der Waals surface area (Å²) in [6.07, 6.45) is 0. The number of anilines is 1. The van der Waals surface area contributed by atoms with Crippen molar-refractivity contribution < 1.29 is 14.7 Å². The Labute approximate surface area is 135 Å². The molecule has 0 fully saturated rings. The van der Waals surface area contributed by atoms with Gasteiger partial charge in [-0.05, 0) is 24.3 Å². The molecule has 0 spiro atoms. The van der Waals surface area contributed by atoms with E-state index in [9.17, 15) is 9.59 Å². The van der Waals surface area contributed by atoms with Crippen molar-refractivity contribution in [1.82, 2.24) is 0 Å². The molecule has 0 aliphatic rings. The molecular formula is C16H10ClNO3S. The second-order valence-electron chi connectivity index (χ2n) is 4.58. The first-order valence-electron chi connectivity index (χ1n) is 6.38. The van der Waals surface area contributed by atoms with Crippen LogP contribution in [0.2, 0.25) is 5.02 Å². The van der Waals surface area contributed by atoms with E-state index in [0.29, 0.717) is 15.6 Å². The number of thiophene rings is 1. The zero-order chi connectivity index (χ0) is 15.7. The molecule has 4 nitrogen and oxygen atoms in total. The van der Waals surface area contributed by atoms with Gasteiger partial charge in [-0.25, -0.2) is 4.79 Å². The number of hydrogen-bond acceptors (Lipinski definition) is 3. The van der Waals surface area contributed by atoms with Crippen LogP contribution in [-0.2, 0) is 0 Å². The van der Waals surface area contributed by atoms with Crippen molar-refractivity contribution in [3.8, 4) is 0 Å². The van der Waals surface area contributed by atoms with Crippen LogP contribution in [0.5, 0.6) is 0 Å². The normalized spacial score (nSPS) is 10.6. The van der Waals surface area contributed by atoms with Gasteiger partial charge in [-0.15, -0.1) is 11.3 Å². The molecule has 1 aromatic heterocycles. The molecule has 0 radical (unpaired) electrons. The summed E-state index contributed by atoms with van der Waals surface area (Å²) in [5, 5.41) is 12.9. The maximum Gasteiger partial charge on any atom is 0.335 e. The van der Waals surface area contributed by atoms with Crippen molar-refractivity contribution in [2.75, 3.05) is 5.32 Å². The minimum Gasteiger partial charge on any atom is -0.478 e. The Bertz CT molecular complexity index is 888. The first-order chi connectivity index (χ1) is 10.6. The van der Waals surface area contributed by atoms with Crippen molar-refractivity contribution in [3.63, 3.8) is 0 Å². The summed E-state index contributed by atoms with van der Waals surface area (Å²) in [6.45, 7) is 0. The smallest absolute Gasteiger partial charge is 0.335 e. The van der Waals surface area contributed by atoms with E-state index in [1.807, 2.05) is 24.3 Å². The van der Waals surface area contributed by atoms with Gasteiger partial charge >= 0.3 is 5.97 Å². The van der Waals surface area contributed by atoms with Crippen LogP contribution in [0.25, 0.3) is 10.1 Å². The standard InChI is InChI=1S/C16H10ClNO3S/c17-13-11-6-1-2-7-12(11)22-14(13)15(19)18-10-5-3-4-9(8-10)16(20)21/h1-8H,(H,18,19)(H,20,21). The third-order valence-corrected chi connectivity index (χ3v) is 4.78. The van der Waals surface area contributed by atoms with E-state index in [4.69, 9.17) is 16.7 Å². The average Bonchev–Trinajstić information content (AvgIpc) is 2.85. The second-order valence-corrected chi connectivity index (χ2v) is 6.01. The molecule has 0 saturated heterocycles. The number of carboxylic acid groups (broad SMARTS) is 1. The van der Waals surface area contributed by atoms with Gasteiger partial charge in [-0.2, -0.15) is 0 Å². The van der Waals surface area contributed by atoms with Gasteiger partial charge in [-0.1, -0.05) is 35.9 Å². The quantitative estimate of drug-likeness (QED) is 0.742. The molecule has 2 N–H and O–H groups in total. The molecule has 6 heteroatoms. The van der Waals surface area contributed by atoms with Crippen LogP contribution in [0.4, 0.5) is 5.69 Å². The Morgan fingerprint density at radius 1 is 1.09 bits per heavy atom. The van der Waals surface area contributed by atoms with Crippen molar-refractivity contribution in [2.45, 2.75) is 0 Å². The number of carbonyl (C=O) groups excluding carboxylic acids is 1. The summed E-state index contributed by atoms with van der Waals surface area (Å²) in [4.78, 5) is 23.7. The molecule has 0 unspecified atom stereocenters. The number of rotatable bonds is 3. The SMILES string of the molecule is O=C(O)c1cccc(NC(=O)c2sc3ccccc3c2Cl)c1. The van der Waals surface area contributed by atoms with Crippen molar-refractivity contribution in [2.24, 2.45) is 0 Å². The van der Waals surface area contributed by atoms with Crippen LogP contribution in [-0.4, -0.2) is 17.0 Å². The molecule has 22 heavy (non-hydrogen) atoms. The summed E-state index contributed by atoms with van der Waals surface area (Å²) in [6, 6.07) is 13.6. The zero-order valence-corrected chi connectivity index (χ0v) is 12.7. The lowest BCUT2D eigenvalue weighted by Gasteiger charge is -2.05. The topological polar surface area (TPSA) is 66.4 Å². The van der Waals surface area contributed by atoms with Crippen LogP contribution in [0.3, 0.4) is 0 Å². The highest BCUT2D eigenvalue weighted by atomic mass is 35.5. The molecule has 2 aromatic carbocycles. The number of benzene rings is 2. The van der Waals surface area contributed by atoms with Gasteiger partial charge in [-0.3, -0.25) is 4.79 Å². The second kappa shape index (κ2) is 5.79. The molecule has 110 valence electrons. The summed E-state index contributed by atoms with van der Waals surface area (Å²) in [5.41, 5.74) is 0.527. The maximum absolute atomic E-state index is 12.4. The van der Waals surface area contributed by atoms with Gasteiger partial charge in [0.05, 0.1) is 10.6 Å². The summed E-state index contributed by atoms with van der Waals surface area (Å²) in [5.74, 6) is -1.40. The monoisotopic (exact) mass is 331 g/mol. The van der Waals surface area contributed by atoms with Crippen molar-refractivity contribution >= 4 is 50.6 Å². The minimum absolute atomic E-state index is 0.111. The third kappa shape index (κ3) is 2.68. The lowest BCUT2D eigenvalue weighted by molar-refractivity contribution is 0.0696. The number of carbonyl (C=O) groups is 2. The summed E-state index contributed by atoms with van der Waals surface area (Å²) < 4.78 is 0.928. The lowest BCUT2D eigenvalue weighted by atomic mass is 10.2. The van der Waals surface area contributed by atoms with E-state index >= 15 is 0 Å². The Morgan fingerprint density at radius 3 is 2.59 bits per heavy atom. The van der Waals surface area contributed by atoms with E-state index in [0.717, 1.165) is 10.1 Å². The minimum atomic E-state index is -1.05. The number of amides is 1. The maximum atomic E-state index is 12.4. The molecule has 0 saturated carbocycles. The molecule has 1 heterocycles. The Kier molecular flexibility index (Phi) is 3.83. The van der Waals surface area contributed by atoms with Gasteiger partial charge in [0.1, 0.15) is 4.88 Å².